The van der Waals surface area contributed by atoms with Crippen molar-refractivity contribution in [3.05, 3.63) is 26.6 Å². The van der Waals surface area contributed by atoms with Gasteiger partial charge >= 0.3 is 5.97 Å². The van der Waals surface area contributed by atoms with Gasteiger partial charge in [0, 0.05) is 5.56 Å². The molecule has 0 atom stereocenters. The Labute approximate surface area is 98.5 Å². The number of carbonyl (C=O) groups is 1. The maximum atomic E-state index is 10.6. The number of rotatable bonds is 2. The van der Waals surface area contributed by atoms with Crippen molar-refractivity contribution in [2.75, 3.05) is 0 Å². The van der Waals surface area contributed by atoms with E-state index in [1.165, 1.54) is 17.5 Å². The van der Waals surface area contributed by atoms with E-state index in [0.717, 1.165) is 0 Å². The molecule has 0 aromatic carbocycles. The SMILES string of the molecule is O=C(O)c1cnc(-c2cc(Cl)sc2Cl)[nH]1. The fourth-order valence-corrected chi connectivity index (χ4v) is 2.53. The number of thiophene rings is 1. The van der Waals surface area contributed by atoms with Gasteiger partial charge in [-0.1, -0.05) is 23.2 Å². The zero-order chi connectivity index (χ0) is 11.0. The molecule has 0 unspecified atom stereocenters. The predicted molar refractivity (Wildman–Crippen MR) is 58.9 cm³/mol. The molecule has 0 aliphatic heterocycles. The van der Waals surface area contributed by atoms with Crippen LogP contribution in [0.3, 0.4) is 0 Å². The van der Waals surface area contributed by atoms with Crippen molar-refractivity contribution in [3.8, 4) is 11.4 Å². The van der Waals surface area contributed by atoms with Gasteiger partial charge in [-0.15, -0.1) is 11.3 Å². The van der Waals surface area contributed by atoms with Crippen molar-refractivity contribution in [1.29, 1.82) is 0 Å². The van der Waals surface area contributed by atoms with Gasteiger partial charge < -0.3 is 10.1 Å². The Morgan fingerprint density at radius 2 is 2.27 bits per heavy atom. The minimum atomic E-state index is -1.06. The fraction of sp³-hybridized carbons (Fsp3) is 0. The maximum Gasteiger partial charge on any atom is 0.353 e. The van der Waals surface area contributed by atoms with E-state index in [0.29, 0.717) is 20.1 Å². The van der Waals surface area contributed by atoms with Crippen LogP contribution in [-0.4, -0.2) is 21.0 Å². The number of hydrogen-bond donors (Lipinski definition) is 2. The van der Waals surface area contributed by atoms with Crippen molar-refractivity contribution in [1.82, 2.24) is 9.97 Å². The molecule has 0 saturated carbocycles. The normalized spacial score (nSPS) is 10.5. The summed E-state index contributed by atoms with van der Waals surface area (Å²) in [6.45, 7) is 0. The van der Waals surface area contributed by atoms with Crippen molar-refractivity contribution < 1.29 is 9.90 Å². The molecule has 2 rings (SSSR count). The molecular formula is C8H4Cl2N2O2S. The number of aromatic nitrogens is 2. The molecule has 15 heavy (non-hydrogen) atoms. The van der Waals surface area contributed by atoms with Gasteiger partial charge in [0.25, 0.3) is 0 Å². The van der Waals surface area contributed by atoms with Crippen LogP contribution >= 0.6 is 34.5 Å². The van der Waals surface area contributed by atoms with E-state index in [1.807, 2.05) is 0 Å². The molecule has 0 spiro atoms. The van der Waals surface area contributed by atoms with Crippen LogP contribution in [0, 0.1) is 0 Å². The van der Waals surface area contributed by atoms with Crippen molar-refractivity contribution in [3.63, 3.8) is 0 Å². The molecular weight excluding hydrogens is 259 g/mol. The van der Waals surface area contributed by atoms with Gasteiger partial charge in [-0.2, -0.15) is 0 Å². The molecule has 7 heteroatoms. The molecule has 0 radical (unpaired) electrons. The van der Waals surface area contributed by atoms with Crippen LogP contribution in [0.15, 0.2) is 12.3 Å². The minimum Gasteiger partial charge on any atom is -0.477 e. The zero-order valence-corrected chi connectivity index (χ0v) is 9.45. The summed E-state index contributed by atoms with van der Waals surface area (Å²) < 4.78 is 1.01. The number of carboxylic acids is 1. The number of aromatic amines is 1. The third kappa shape index (κ3) is 1.99. The first-order chi connectivity index (χ1) is 7.08. The lowest BCUT2D eigenvalue weighted by Crippen LogP contribution is -1.95. The molecule has 0 aliphatic carbocycles. The predicted octanol–water partition coefficient (Wildman–Crippen LogP) is 3.14. The Hall–Kier alpha value is -1.04. The van der Waals surface area contributed by atoms with Crippen LogP contribution in [-0.2, 0) is 0 Å². The first-order valence-electron chi connectivity index (χ1n) is 3.81. The Balaban J connectivity index is 2.45. The summed E-state index contributed by atoms with van der Waals surface area (Å²) in [5.41, 5.74) is 0.627. The lowest BCUT2D eigenvalue weighted by molar-refractivity contribution is 0.0691. The van der Waals surface area contributed by atoms with Crippen LogP contribution in [0.1, 0.15) is 10.5 Å². The average molecular weight is 263 g/mol. The molecule has 4 nitrogen and oxygen atoms in total. The highest BCUT2D eigenvalue weighted by atomic mass is 35.5. The molecule has 78 valence electrons. The first-order valence-corrected chi connectivity index (χ1v) is 5.38. The smallest absolute Gasteiger partial charge is 0.353 e. The Bertz CT molecular complexity index is 520. The molecule has 0 saturated heterocycles. The highest BCUT2D eigenvalue weighted by Crippen LogP contribution is 2.36. The van der Waals surface area contributed by atoms with Gasteiger partial charge in [-0.05, 0) is 6.07 Å². The molecule has 2 N–H and O–H groups in total. The number of nitrogens with one attached hydrogen (secondary N) is 1. The highest BCUT2D eigenvalue weighted by Gasteiger charge is 2.13. The summed E-state index contributed by atoms with van der Waals surface area (Å²) in [7, 11) is 0. The molecule has 0 aliphatic rings. The fourth-order valence-electron chi connectivity index (χ4n) is 1.07. The number of H-pyrrole nitrogens is 1. The van der Waals surface area contributed by atoms with Gasteiger partial charge in [-0.25, -0.2) is 9.78 Å². The Morgan fingerprint density at radius 1 is 1.53 bits per heavy atom. The Kier molecular flexibility index (Phi) is 2.68. The largest absolute Gasteiger partial charge is 0.477 e. The number of carboxylic acid groups (broad SMARTS) is 1. The second-order valence-corrected chi connectivity index (χ2v) is 4.97. The van der Waals surface area contributed by atoms with Crippen molar-refractivity contribution in [2.24, 2.45) is 0 Å². The van der Waals surface area contributed by atoms with Crippen LogP contribution in [0.5, 0.6) is 0 Å². The molecule has 2 aromatic heterocycles. The van der Waals surface area contributed by atoms with Crippen LogP contribution in [0.25, 0.3) is 11.4 Å². The number of aromatic carboxylic acids is 1. The summed E-state index contributed by atoms with van der Waals surface area (Å²) in [5, 5.41) is 8.69. The molecule has 0 bridgehead atoms. The summed E-state index contributed by atoms with van der Waals surface area (Å²) in [6, 6.07) is 1.64. The second kappa shape index (κ2) is 3.84. The number of imidazole rings is 1. The third-order valence-corrected chi connectivity index (χ3v) is 3.21. The lowest BCUT2D eigenvalue weighted by Gasteiger charge is -1.91. The summed E-state index contributed by atoms with van der Waals surface area (Å²) in [4.78, 5) is 17.2. The summed E-state index contributed by atoms with van der Waals surface area (Å²) in [5.74, 6) is -0.660. The second-order valence-electron chi connectivity index (χ2n) is 2.69. The maximum absolute atomic E-state index is 10.6. The number of nitrogens with zero attached hydrogens (tertiary/aromatic N) is 1. The number of hydrogen-bond acceptors (Lipinski definition) is 3. The van der Waals surface area contributed by atoms with Gasteiger partial charge in [0.1, 0.15) is 15.9 Å². The van der Waals surface area contributed by atoms with Gasteiger partial charge in [0.05, 0.1) is 10.5 Å². The van der Waals surface area contributed by atoms with Crippen molar-refractivity contribution >= 4 is 40.5 Å². The number of halogens is 2. The van der Waals surface area contributed by atoms with E-state index in [1.54, 1.807) is 6.07 Å². The molecule has 2 heterocycles. The van der Waals surface area contributed by atoms with E-state index in [-0.39, 0.29) is 5.69 Å². The quantitative estimate of drug-likeness (QED) is 0.874. The Morgan fingerprint density at radius 3 is 2.73 bits per heavy atom. The van der Waals surface area contributed by atoms with Gasteiger partial charge in [0.2, 0.25) is 0 Å². The van der Waals surface area contributed by atoms with Gasteiger partial charge in [-0.3, -0.25) is 0 Å². The monoisotopic (exact) mass is 262 g/mol. The topological polar surface area (TPSA) is 66.0 Å². The van der Waals surface area contributed by atoms with Gasteiger partial charge in [0.15, 0.2) is 0 Å². The van der Waals surface area contributed by atoms with E-state index in [2.05, 4.69) is 9.97 Å². The highest BCUT2D eigenvalue weighted by molar-refractivity contribution is 7.20. The zero-order valence-electron chi connectivity index (χ0n) is 7.12. The van der Waals surface area contributed by atoms with Crippen LogP contribution in [0.2, 0.25) is 8.67 Å². The van der Waals surface area contributed by atoms with E-state index in [4.69, 9.17) is 28.3 Å². The van der Waals surface area contributed by atoms with Crippen molar-refractivity contribution in [2.45, 2.75) is 0 Å². The van der Waals surface area contributed by atoms with E-state index in [9.17, 15) is 4.79 Å². The van der Waals surface area contributed by atoms with Crippen LogP contribution < -0.4 is 0 Å². The molecule has 2 aromatic rings. The van der Waals surface area contributed by atoms with E-state index < -0.39 is 5.97 Å². The average Bonchev–Trinajstić information content (AvgIpc) is 2.71. The molecule has 0 fully saturated rings. The third-order valence-electron chi connectivity index (χ3n) is 1.72. The van der Waals surface area contributed by atoms with Crippen LogP contribution in [0.4, 0.5) is 0 Å². The lowest BCUT2D eigenvalue weighted by atomic mass is 10.3. The summed E-state index contributed by atoms with van der Waals surface area (Å²) >= 11 is 12.9. The molecule has 0 amide bonds. The summed E-state index contributed by atoms with van der Waals surface area (Å²) in [6.07, 6.45) is 1.24. The first kappa shape index (κ1) is 10.5. The van der Waals surface area contributed by atoms with E-state index >= 15 is 0 Å². The minimum absolute atomic E-state index is 0.0170. The standard InChI is InChI=1S/C8H4Cl2N2O2S/c9-5-1-3(6(10)15-5)7-11-2-4(12-7)8(13)14/h1-2H,(H,11,12)(H,13,14).